The standard InChI is InChI=1S/C16H16FNO3/c1-3-19-16(20-4-2)14-7-10-9-18-13-8-11(17)5-6-12(13)15(10)21-14/h5-9,16H,3-4H2,1-2H3. The van der Waals surface area contributed by atoms with Gasteiger partial charge in [-0.3, -0.25) is 4.98 Å². The van der Waals surface area contributed by atoms with Gasteiger partial charge < -0.3 is 13.9 Å². The summed E-state index contributed by atoms with van der Waals surface area (Å²) in [6.45, 7) is 4.83. The molecular formula is C16H16FNO3. The number of pyridine rings is 1. The molecule has 110 valence electrons. The molecule has 0 atom stereocenters. The van der Waals surface area contributed by atoms with E-state index < -0.39 is 6.29 Å². The third-order valence-electron chi connectivity index (χ3n) is 3.20. The average Bonchev–Trinajstić information content (AvgIpc) is 2.91. The van der Waals surface area contributed by atoms with E-state index in [2.05, 4.69) is 4.98 Å². The lowest BCUT2D eigenvalue weighted by atomic mass is 10.2. The Labute approximate surface area is 121 Å². The first-order valence-electron chi connectivity index (χ1n) is 6.93. The number of hydrogen-bond acceptors (Lipinski definition) is 4. The van der Waals surface area contributed by atoms with Crippen LogP contribution in [0.15, 0.2) is 34.9 Å². The fourth-order valence-electron chi connectivity index (χ4n) is 2.31. The van der Waals surface area contributed by atoms with Crippen LogP contribution in [0, 0.1) is 5.82 Å². The van der Waals surface area contributed by atoms with Gasteiger partial charge in [-0.1, -0.05) is 0 Å². The summed E-state index contributed by atoms with van der Waals surface area (Å²) in [5, 5.41) is 1.61. The average molecular weight is 289 g/mol. The number of halogens is 1. The minimum Gasteiger partial charge on any atom is -0.455 e. The molecule has 4 nitrogen and oxygen atoms in total. The highest BCUT2D eigenvalue weighted by Crippen LogP contribution is 2.31. The molecule has 0 radical (unpaired) electrons. The Hall–Kier alpha value is -1.98. The highest BCUT2D eigenvalue weighted by atomic mass is 19.1. The van der Waals surface area contributed by atoms with Crippen molar-refractivity contribution in [3.8, 4) is 0 Å². The number of nitrogens with zero attached hydrogens (tertiary/aromatic N) is 1. The molecule has 0 spiro atoms. The highest BCUT2D eigenvalue weighted by molar-refractivity contribution is 6.01. The van der Waals surface area contributed by atoms with Gasteiger partial charge in [-0.25, -0.2) is 4.39 Å². The van der Waals surface area contributed by atoms with Gasteiger partial charge >= 0.3 is 0 Å². The van der Waals surface area contributed by atoms with Crippen LogP contribution in [-0.2, 0) is 9.47 Å². The van der Waals surface area contributed by atoms with Crippen LogP contribution in [0.25, 0.3) is 21.9 Å². The quantitative estimate of drug-likeness (QED) is 0.661. The third-order valence-corrected chi connectivity index (χ3v) is 3.20. The molecule has 0 aliphatic heterocycles. The summed E-state index contributed by atoms with van der Waals surface area (Å²) in [6, 6.07) is 6.30. The van der Waals surface area contributed by atoms with Crippen molar-refractivity contribution in [2.75, 3.05) is 13.2 Å². The number of rotatable bonds is 5. The van der Waals surface area contributed by atoms with Gasteiger partial charge in [0, 0.05) is 36.2 Å². The molecule has 21 heavy (non-hydrogen) atoms. The van der Waals surface area contributed by atoms with Crippen LogP contribution in [0.3, 0.4) is 0 Å². The molecule has 0 saturated carbocycles. The van der Waals surface area contributed by atoms with E-state index in [0.29, 0.717) is 30.1 Å². The Morgan fingerprint density at radius 3 is 2.67 bits per heavy atom. The fraction of sp³-hybridized carbons (Fsp3) is 0.312. The van der Waals surface area contributed by atoms with Crippen molar-refractivity contribution in [1.82, 2.24) is 4.98 Å². The molecule has 0 bridgehead atoms. The van der Waals surface area contributed by atoms with Crippen molar-refractivity contribution in [2.45, 2.75) is 20.1 Å². The Bertz CT molecular complexity index is 763. The maximum atomic E-state index is 13.3. The molecule has 0 amide bonds. The summed E-state index contributed by atoms with van der Waals surface area (Å²) < 4.78 is 30.2. The summed E-state index contributed by atoms with van der Waals surface area (Å²) in [7, 11) is 0. The van der Waals surface area contributed by atoms with E-state index in [1.54, 1.807) is 12.3 Å². The van der Waals surface area contributed by atoms with Crippen molar-refractivity contribution >= 4 is 21.9 Å². The molecule has 5 heteroatoms. The number of furan rings is 1. The molecule has 3 aromatic rings. The topological polar surface area (TPSA) is 44.5 Å². The number of ether oxygens (including phenoxy) is 2. The Morgan fingerprint density at radius 2 is 1.95 bits per heavy atom. The lowest BCUT2D eigenvalue weighted by Gasteiger charge is -2.13. The van der Waals surface area contributed by atoms with E-state index in [-0.39, 0.29) is 5.82 Å². The van der Waals surface area contributed by atoms with E-state index in [9.17, 15) is 4.39 Å². The van der Waals surface area contributed by atoms with Crippen molar-refractivity contribution in [3.05, 3.63) is 42.0 Å². The zero-order valence-electron chi connectivity index (χ0n) is 11.9. The summed E-state index contributed by atoms with van der Waals surface area (Å²) in [6.07, 6.45) is 1.13. The zero-order valence-corrected chi connectivity index (χ0v) is 11.9. The Kier molecular flexibility index (Phi) is 3.86. The van der Waals surface area contributed by atoms with Gasteiger partial charge in [0.15, 0.2) is 5.76 Å². The van der Waals surface area contributed by atoms with Crippen molar-refractivity contribution in [2.24, 2.45) is 0 Å². The number of fused-ring (bicyclic) bond motifs is 3. The SMILES string of the molecule is CCOC(OCC)c1cc2cnc3cc(F)ccc3c2o1. The van der Waals surface area contributed by atoms with Crippen LogP contribution >= 0.6 is 0 Å². The van der Waals surface area contributed by atoms with Gasteiger partial charge in [0.2, 0.25) is 6.29 Å². The molecule has 1 aromatic carbocycles. The smallest absolute Gasteiger partial charge is 0.217 e. The summed E-state index contributed by atoms with van der Waals surface area (Å²) in [5.41, 5.74) is 1.23. The molecule has 0 unspecified atom stereocenters. The molecule has 0 fully saturated rings. The third kappa shape index (κ3) is 2.62. The fourth-order valence-corrected chi connectivity index (χ4v) is 2.31. The van der Waals surface area contributed by atoms with Gasteiger partial charge in [0.1, 0.15) is 11.4 Å². The maximum Gasteiger partial charge on any atom is 0.217 e. The van der Waals surface area contributed by atoms with E-state index in [4.69, 9.17) is 13.9 Å². The van der Waals surface area contributed by atoms with Crippen LogP contribution < -0.4 is 0 Å². The predicted molar refractivity (Wildman–Crippen MR) is 77.5 cm³/mol. The van der Waals surface area contributed by atoms with E-state index >= 15 is 0 Å². The Balaban J connectivity index is 2.12. The van der Waals surface area contributed by atoms with E-state index in [1.165, 1.54) is 12.1 Å². The molecule has 0 aliphatic rings. The molecular weight excluding hydrogens is 273 g/mol. The molecule has 0 N–H and O–H groups in total. The first-order chi connectivity index (χ1) is 10.2. The van der Waals surface area contributed by atoms with Gasteiger partial charge in [-0.15, -0.1) is 0 Å². The maximum absolute atomic E-state index is 13.3. The van der Waals surface area contributed by atoms with Crippen LogP contribution in [0.4, 0.5) is 4.39 Å². The summed E-state index contributed by atoms with van der Waals surface area (Å²) in [5.74, 6) is 0.273. The van der Waals surface area contributed by atoms with Gasteiger partial charge in [-0.05, 0) is 32.0 Å². The number of benzene rings is 1. The van der Waals surface area contributed by atoms with E-state index in [1.807, 2.05) is 19.9 Å². The van der Waals surface area contributed by atoms with Crippen LogP contribution in [-0.4, -0.2) is 18.2 Å². The second-order valence-electron chi connectivity index (χ2n) is 4.60. The van der Waals surface area contributed by atoms with Gasteiger partial charge in [-0.2, -0.15) is 0 Å². The lowest BCUT2D eigenvalue weighted by Crippen LogP contribution is -2.07. The molecule has 2 heterocycles. The summed E-state index contributed by atoms with van der Waals surface area (Å²) in [4.78, 5) is 4.25. The number of hydrogen-bond donors (Lipinski definition) is 0. The van der Waals surface area contributed by atoms with Crippen LogP contribution in [0.1, 0.15) is 25.9 Å². The first-order valence-corrected chi connectivity index (χ1v) is 6.93. The van der Waals surface area contributed by atoms with Crippen LogP contribution in [0.5, 0.6) is 0 Å². The minimum absolute atomic E-state index is 0.317. The molecule has 3 rings (SSSR count). The molecule has 0 aliphatic carbocycles. The van der Waals surface area contributed by atoms with Crippen molar-refractivity contribution in [3.63, 3.8) is 0 Å². The van der Waals surface area contributed by atoms with Crippen LogP contribution in [0.2, 0.25) is 0 Å². The number of aromatic nitrogens is 1. The van der Waals surface area contributed by atoms with Crippen molar-refractivity contribution in [1.29, 1.82) is 0 Å². The second-order valence-corrected chi connectivity index (χ2v) is 4.60. The first kappa shape index (κ1) is 14.0. The normalized spacial score (nSPS) is 11.8. The zero-order chi connectivity index (χ0) is 14.8. The Morgan fingerprint density at radius 1 is 1.19 bits per heavy atom. The van der Waals surface area contributed by atoms with Crippen molar-refractivity contribution < 1.29 is 18.3 Å². The predicted octanol–water partition coefficient (Wildman–Crippen LogP) is 4.19. The van der Waals surface area contributed by atoms with Gasteiger partial charge in [0.25, 0.3) is 0 Å². The highest BCUT2D eigenvalue weighted by Gasteiger charge is 2.18. The second kappa shape index (κ2) is 5.79. The summed E-state index contributed by atoms with van der Waals surface area (Å²) >= 11 is 0. The molecule has 0 saturated heterocycles. The molecule has 2 aromatic heterocycles. The monoisotopic (exact) mass is 289 g/mol. The largest absolute Gasteiger partial charge is 0.455 e. The minimum atomic E-state index is -0.539. The van der Waals surface area contributed by atoms with Gasteiger partial charge in [0.05, 0.1) is 5.52 Å². The van der Waals surface area contributed by atoms with E-state index in [0.717, 1.165) is 10.8 Å². The lowest BCUT2D eigenvalue weighted by molar-refractivity contribution is -0.150.